The third kappa shape index (κ3) is 6.05. The van der Waals surface area contributed by atoms with Gasteiger partial charge in [0.1, 0.15) is 5.75 Å². The largest absolute Gasteiger partial charge is 0.433 e. The smallest absolute Gasteiger partial charge is 0.387 e. The van der Waals surface area contributed by atoms with Gasteiger partial charge < -0.3 is 20.3 Å². The van der Waals surface area contributed by atoms with Crippen LogP contribution in [-0.4, -0.2) is 49.8 Å². The number of pyridine rings is 1. The Morgan fingerprint density at radius 3 is 2.93 bits per heavy atom. The molecule has 3 rings (SSSR count). The number of aryl methyl sites for hydroxylation is 1. The molecule has 0 amide bonds. The van der Waals surface area contributed by atoms with Crippen LogP contribution in [0.3, 0.4) is 0 Å². The third-order valence-corrected chi connectivity index (χ3v) is 5.08. The first-order valence-corrected chi connectivity index (χ1v) is 10.3. The summed E-state index contributed by atoms with van der Waals surface area (Å²) in [6.07, 6.45) is 5.40. The van der Waals surface area contributed by atoms with Crippen molar-refractivity contribution in [1.29, 1.82) is 0 Å². The standard InChI is InChI=1S/C22H29F2N5O/c1-3-26-22(27-12-9-17-8-11-25-14-16(17)2)28-18-10-13-29(15-18)19-6-4-5-7-20(19)30-21(23)24/h4-8,11,14,18,21H,3,9-10,12-13,15H2,1-2H3,(H2,26,27,28). The Morgan fingerprint density at radius 2 is 2.17 bits per heavy atom. The fraction of sp³-hybridized carbons (Fsp3) is 0.455. The van der Waals surface area contributed by atoms with Gasteiger partial charge in [0.15, 0.2) is 5.96 Å². The molecule has 1 aromatic carbocycles. The van der Waals surface area contributed by atoms with Gasteiger partial charge in [-0.05, 0) is 56.0 Å². The number of hydrogen-bond acceptors (Lipinski definition) is 4. The van der Waals surface area contributed by atoms with Crippen LogP contribution in [0, 0.1) is 6.92 Å². The maximum Gasteiger partial charge on any atom is 0.387 e. The Hall–Kier alpha value is -2.90. The van der Waals surface area contributed by atoms with E-state index in [4.69, 9.17) is 4.99 Å². The minimum atomic E-state index is -2.83. The van der Waals surface area contributed by atoms with Gasteiger partial charge in [-0.15, -0.1) is 0 Å². The molecule has 2 heterocycles. The molecule has 0 saturated carbocycles. The number of halogens is 2. The molecule has 1 saturated heterocycles. The number of aromatic nitrogens is 1. The van der Waals surface area contributed by atoms with Crippen molar-refractivity contribution in [2.24, 2.45) is 4.99 Å². The number of nitrogens with one attached hydrogen (secondary N) is 2. The average Bonchev–Trinajstić information content (AvgIpc) is 3.18. The van der Waals surface area contributed by atoms with Gasteiger partial charge in [0.25, 0.3) is 0 Å². The van der Waals surface area contributed by atoms with E-state index in [0.717, 1.165) is 31.9 Å². The lowest BCUT2D eigenvalue weighted by Gasteiger charge is -2.22. The summed E-state index contributed by atoms with van der Waals surface area (Å²) in [6, 6.07) is 9.13. The molecule has 1 atom stereocenters. The van der Waals surface area contributed by atoms with E-state index in [1.807, 2.05) is 31.3 Å². The van der Waals surface area contributed by atoms with E-state index in [1.165, 1.54) is 11.1 Å². The number of benzene rings is 1. The summed E-state index contributed by atoms with van der Waals surface area (Å²) in [6.45, 7) is 4.14. The van der Waals surface area contributed by atoms with Gasteiger partial charge in [-0.25, -0.2) is 0 Å². The van der Waals surface area contributed by atoms with E-state index in [0.29, 0.717) is 18.8 Å². The Bertz CT molecular complexity index is 846. The fourth-order valence-electron chi connectivity index (χ4n) is 3.60. The van der Waals surface area contributed by atoms with Crippen LogP contribution in [0.1, 0.15) is 24.5 Å². The molecule has 0 spiro atoms. The number of alkyl halides is 2. The van der Waals surface area contributed by atoms with Gasteiger partial charge >= 0.3 is 6.61 Å². The number of para-hydroxylation sites is 2. The molecule has 162 valence electrons. The van der Waals surface area contributed by atoms with Gasteiger partial charge in [0.2, 0.25) is 0 Å². The van der Waals surface area contributed by atoms with Gasteiger partial charge in [-0.2, -0.15) is 8.78 Å². The SMILES string of the molecule is CCNC(=NCCc1ccncc1C)NC1CCN(c2ccccc2OC(F)F)C1. The zero-order valence-corrected chi connectivity index (χ0v) is 17.4. The highest BCUT2D eigenvalue weighted by molar-refractivity contribution is 5.80. The highest BCUT2D eigenvalue weighted by atomic mass is 19.3. The van der Waals surface area contributed by atoms with E-state index >= 15 is 0 Å². The molecule has 2 aromatic rings. The molecule has 1 fully saturated rings. The Kier molecular flexibility index (Phi) is 7.82. The van der Waals surface area contributed by atoms with Crippen molar-refractivity contribution < 1.29 is 13.5 Å². The maximum atomic E-state index is 12.7. The minimum absolute atomic E-state index is 0.171. The fourth-order valence-corrected chi connectivity index (χ4v) is 3.60. The molecule has 30 heavy (non-hydrogen) atoms. The predicted molar refractivity (Wildman–Crippen MR) is 115 cm³/mol. The molecule has 0 radical (unpaired) electrons. The molecule has 0 bridgehead atoms. The van der Waals surface area contributed by atoms with E-state index in [1.54, 1.807) is 18.3 Å². The zero-order chi connectivity index (χ0) is 21.3. The first-order valence-electron chi connectivity index (χ1n) is 10.3. The number of rotatable bonds is 8. The van der Waals surface area contributed by atoms with Crippen molar-refractivity contribution in [3.8, 4) is 5.75 Å². The average molecular weight is 418 g/mol. The first-order chi connectivity index (χ1) is 14.6. The van der Waals surface area contributed by atoms with Crippen LogP contribution in [0.5, 0.6) is 5.75 Å². The summed E-state index contributed by atoms with van der Waals surface area (Å²) >= 11 is 0. The van der Waals surface area contributed by atoms with Crippen LogP contribution in [-0.2, 0) is 6.42 Å². The summed E-state index contributed by atoms with van der Waals surface area (Å²) in [5, 5.41) is 6.76. The normalized spacial score (nSPS) is 16.8. The summed E-state index contributed by atoms with van der Waals surface area (Å²) in [5.41, 5.74) is 3.10. The van der Waals surface area contributed by atoms with Gasteiger partial charge in [-0.3, -0.25) is 9.98 Å². The van der Waals surface area contributed by atoms with Crippen LogP contribution < -0.4 is 20.3 Å². The second-order valence-corrected chi connectivity index (χ2v) is 7.23. The quantitative estimate of drug-likeness (QED) is 0.509. The highest BCUT2D eigenvalue weighted by Gasteiger charge is 2.26. The lowest BCUT2D eigenvalue weighted by Crippen LogP contribution is -2.44. The first kappa shape index (κ1) is 21.8. The topological polar surface area (TPSA) is 61.8 Å². The zero-order valence-electron chi connectivity index (χ0n) is 17.4. The molecule has 8 heteroatoms. The van der Waals surface area contributed by atoms with Crippen molar-refractivity contribution in [2.75, 3.05) is 31.1 Å². The highest BCUT2D eigenvalue weighted by Crippen LogP contribution is 2.31. The van der Waals surface area contributed by atoms with Crippen molar-refractivity contribution in [3.63, 3.8) is 0 Å². The number of aliphatic imine (C=N–C) groups is 1. The minimum Gasteiger partial charge on any atom is -0.433 e. The second kappa shape index (κ2) is 10.8. The molecule has 1 aromatic heterocycles. The van der Waals surface area contributed by atoms with Crippen LogP contribution >= 0.6 is 0 Å². The summed E-state index contributed by atoms with van der Waals surface area (Å²) in [7, 11) is 0. The van der Waals surface area contributed by atoms with Crippen LogP contribution in [0.4, 0.5) is 14.5 Å². The van der Waals surface area contributed by atoms with Crippen molar-refractivity contribution in [1.82, 2.24) is 15.6 Å². The van der Waals surface area contributed by atoms with Gasteiger partial charge in [-0.1, -0.05) is 12.1 Å². The van der Waals surface area contributed by atoms with E-state index < -0.39 is 6.61 Å². The molecule has 1 aliphatic heterocycles. The van der Waals surface area contributed by atoms with Crippen LogP contribution in [0.15, 0.2) is 47.7 Å². The number of anilines is 1. The van der Waals surface area contributed by atoms with Crippen molar-refractivity contribution in [3.05, 3.63) is 53.9 Å². The summed E-state index contributed by atoms with van der Waals surface area (Å²) < 4.78 is 30.1. The van der Waals surface area contributed by atoms with Crippen molar-refractivity contribution >= 4 is 11.6 Å². The second-order valence-electron chi connectivity index (χ2n) is 7.23. The molecular weight excluding hydrogens is 388 g/mol. The number of hydrogen-bond donors (Lipinski definition) is 2. The monoisotopic (exact) mass is 417 g/mol. The Morgan fingerprint density at radius 1 is 1.33 bits per heavy atom. The summed E-state index contributed by atoms with van der Waals surface area (Å²) in [5.74, 6) is 0.981. The van der Waals surface area contributed by atoms with E-state index in [-0.39, 0.29) is 11.8 Å². The third-order valence-electron chi connectivity index (χ3n) is 5.08. The van der Waals surface area contributed by atoms with Crippen LogP contribution in [0.2, 0.25) is 0 Å². The Balaban J connectivity index is 1.59. The number of nitrogens with zero attached hydrogens (tertiary/aromatic N) is 3. The number of guanidine groups is 1. The molecular formula is C22H29F2N5O. The lowest BCUT2D eigenvalue weighted by molar-refractivity contribution is -0.0495. The maximum absolute atomic E-state index is 12.7. The van der Waals surface area contributed by atoms with Gasteiger partial charge in [0, 0.05) is 44.6 Å². The molecule has 6 nitrogen and oxygen atoms in total. The summed E-state index contributed by atoms with van der Waals surface area (Å²) in [4.78, 5) is 10.9. The molecule has 1 aliphatic rings. The van der Waals surface area contributed by atoms with E-state index in [9.17, 15) is 8.78 Å². The van der Waals surface area contributed by atoms with Crippen LogP contribution in [0.25, 0.3) is 0 Å². The Labute approximate surface area is 176 Å². The molecule has 2 N–H and O–H groups in total. The molecule has 1 unspecified atom stereocenters. The van der Waals surface area contributed by atoms with E-state index in [2.05, 4.69) is 32.2 Å². The van der Waals surface area contributed by atoms with Crippen molar-refractivity contribution in [2.45, 2.75) is 39.3 Å². The predicted octanol–water partition coefficient (Wildman–Crippen LogP) is 3.37. The lowest BCUT2D eigenvalue weighted by atomic mass is 10.1. The number of ether oxygens (including phenoxy) is 1. The van der Waals surface area contributed by atoms with Gasteiger partial charge in [0.05, 0.1) is 5.69 Å². The molecule has 0 aliphatic carbocycles.